The van der Waals surface area contributed by atoms with E-state index in [-0.39, 0.29) is 24.5 Å². The summed E-state index contributed by atoms with van der Waals surface area (Å²) in [5.74, 6) is -2.31. The lowest BCUT2D eigenvalue weighted by Crippen LogP contribution is -2.47. The van der Waals surface area contributed by atoms with E-state index in [0.717, 1.165) is 57.8 Å². The highest BCUT2D eigenvalue weighted by atomic mass is 16.5. The summed E-state index contributed by atoms with van der Waals surface area (Å²) in [6, 6.07) is -1.38. The van der Waals surface area contributed by atoms with Crippen molar-refractivity contribution in [3.8, 4) is 0 Å². The van der Waals surface area contributed by atoms with Gasteiger partial charge in [0.05, 0.1) is 13.2 Å². The number of carboxylic acids is 1. The van der Waals surface area contributed by atoms with E-state index in [0.29, 0.717) is 19.3 Å². The molecule has 2 amide bonds. The van der Waals surface area contributed by atoms with Crippen molar-refractivity contribution >= 4 is 23.8 Å². The predicted octanol–water partition coefficient (Wildman–Crippen LogP) is 13.6. The van der Waals surface area contributed by atoms with Crippen LogP contribution in [0.1, 0.15) is 258 Å². The molecule has 4 N–H and O–H groups in total. The largest absolute Gasteiger partial charge is 0.480 e. The normalized spacial score (nSPS) is 12.6. The van der Waals surface area contributed by atoms with Crippen LogP contribution in [0.15, 0.2) is 24.3 Å². The Bertz CT molecular complexity index is 1080. The van der Waals surface area contributed by atoms with Gasteiger partial charge in [-0.15, -0.1) is 0 Å². The second-order valence-electron chi connectivity index (χ2n) is 17.6. The first-order valence-corrected chi connectivity index (χ1v) is 25.7. The van der Waals surface area contributed by atoms with Gasteiger partial charge in [0.15, 0.2) is 0 Å². The highest BCUT2D eigenvalue weighted by Crippen LogP contribution is 2.17. The van der Waals surface area contributed by atoms with E-state index in [1.54, 1.807) is 0 Å². The molecule has 0 spiro atoms. The molecule has 0 aliphatic carbocycles. The fourth-order valence-corrected chi connectivity index (χ4v) is 7.68. The molecule has 0 saturated carbocycles. The van der Waals surface area contributed by atoms with E-state index < -0.39 is 24.5 Å². The van der Waals surface area contributed by atoms with Crippen molar-refractivity contribution in [2.24, 2.45) is 0 Å². The Morgan fingerprint density at radius 2 is 0.885 bits per heavy atom. The van der Waals surface area contributed by atoms with Gasteiger partial charge in [0.25, 0.3) is 0 Å². The molecule has 0 aliphatic rings. The van der Waals surface area contributed by atoms with Gasteiger partial charge < -0.3 is 25.6 Å². The van der Waals surface area contributed by atoms with Crippen molar-refractivity contribution in [2.45, 2.75) is 270 Å². The van der Waals surface area contributed by atoms with Gasteiger partial charge in [0.1, 0.15) is 12.1 Å². The first kappa shape index (κ1) is 58.3. The molecule has 9 nitrogen and oxygen atoms in total. The number of aliphatic carboxylic acids is 1. The topological polar surface area (TPSA) is 142 Å². The van der Waals surface area contributed by atoms with Gasteiger partial charge in [0.2, 0.25) is 11.8 Å². The minimum atomic E-state index is -1.38. The SMILES string of the molecule is CCCCCCCCC/C=C\C(CCCCCCCCC(=O)NCC(=O)NC(CO)C(=O)O)OC(=O)CCCCCCCCCCCCC/C=C\CCCCCCCCCC. The molecule has 0 fully saturated rings. The molecule has 2 atom stereocenters. The van der Waals surface area contributed by atoms with Gasteiger partial charge in [-0.3, -0.25) is 14.4 Å². The Morgan fingerprint density at radius 3 is 1.33 bits per heavy atom. The van der Waals surface area contributed by atoms with Crippen LogP contribution in [-0.4, -0.2) is 59.3 Å². The third-order valence-electron chi connectivity index (χ3n) is 11.7. The molecule has 0 heterocycles. The molecule has 0 bridgehead atoms. The summed E-state index contributed by atoms with van der Waals surface area (Å²) in [4.78, 5) is 47.6. The maximum atomic E-state index is 12.8. The summed E-state index contributed by atoms with van der Waals surface area (Å²) in [7, 11) is 0. The Labute approximate surface area is 374 Å². The van der Waals surface area contributed by atoms with Crippen LogP contribution >= 0.6 is 0 Å². The van der Waals surface area contributed by atoms with E-state index in [2.05, 4.69) is 48.8 Å². The van der Waals surface area contributed by atoms with Gasteiger partial charge in [-0.2, -0.15) is 0 Å². The standard InChI is InChI=1S/C52H96N2O7/c1-3-5-7-9-11-13-14-15-16-17-18-19-20-21-22-23-24-25-26-28-30-36-40-44-51(58)61-47(41-37-33-29-27-12-10-8-6-4-2)42-38-34-31-32-35-39-43-49(56)53-45-50(57)54-48(46-55)52(59)60/h17-18,37,41,47-48,55H,3-16,19-36,38-40,42-46H2,1-2H3,(H,53,56)(H,54,57)(H,59,60)/b18-17-,41-37-. The minimum Gasteiger partial charge on any atom is -0.480 e. The van der Waals surface area contributed by atoms with Crippen LogP contribution in [0.4, 0.5) is 0 Å². The van der Waals surface area contributed by atoms with Crippen LogP contribution in [0.3, 0.4) is 0 Å². The molecule has 0 aliphatic heterocycles. The highest BCUT2D eigenvalue weighted by molar-refractivity contribution is 5.87. The zero-order chi connectivity index (χ0) is 44.7. The molecule has 61 heavy (non-hydrogen) atoms. The van der Waals surface area contributed by atoms with Crippen molar-refractivity contribution in [3.63, 3.8) is 0 Å². The molecule has 356 valence electrons. The fraction of sp³-hybridized carbons (Fsp3) is 0.846. The molecule has 0 saturated heterocycles. The lowest BCUT2D eigenvalue weighted by Gasteiger charge is -2.15. The summed E-state index contributed by atoms with van der Waals surface area (Å²) in [6.07, 6.45) is 53.9. The summed E-state index contributed by atoms with van der Waals surface area (Å²) >= 11 is 0. The fourth-order valence-electron chi connectivity index (χ4n) is 7.68. The quantitative estimate of drug-likeness (QED) is 0.0271. The molecular weight excluding hydrogens is 765 g/mol. The van der Waals surface area contributed by atoms with Crippen molar-refractivity contribution in [1.29, 1.82) is 0 Å². The Balaban J connectivity index is 4.10. The Morgan fingerprint density at radius 1 is 0.492 bits per heavy atom. The number of aliphatic hydroxyl groups excluding tert-OH is 1. The average Bonchev–Trinajstić information content (AvgIpc) is 3.25. The van der Waals surface area contributed by atoms with E-state index in [4.69, 9.17) is 14.9 Å². The molecular formula is C52H96N2O7. The molecule has 0 radical (unpaired) electrons. The van der Waals surface area contributed by atoms with Gasteiger partial charge in [-0.25, -0.2) is 4.79 Å². The van der Waals surface area contributed by atoms with Gasteiger partial charge >= 0.3 is 11.9 Å². The number of carbonyl (C=O) groups is 4. The molecule has 2 unspecified atom stereocenters. The number of ether oxygens (including phenoxy) is 1. The molecule has 0 aromatic rings. The monoisotopic (exact) mass is 861 g/mol. The van der Waals surface area contributed by atoms with Crippen molar-refractivity contribution in [3.05, 3.63) is 24.3 Å². The molecule has 0 aromatic heterocycles. The Hall–Kier alpha value is -2.68. The minimum absolute atomic E-state index is 0.0737. The number of carbonyl (C=O) groups excluding carboxylic acids is 3. The first-order chi connectivity index (χ1) is 29.8. The van der Waals surface area contributed by atoms with Crippen LogP contribution < -0.4 is 10.6 Å². The van der Waals surface area contributed by atoms with Crippen molar-refractivity contribution in [2.75, 3.05) is 13.2 Å². The predicted molar refractivity (Wildman–Crippen MR) is 255 cm³/mol. The van der Waals surface area contributed by atoms with E-state index >= 15 is 0 Å². The number of unbranched alkanes of at least 4 members (excludes halogenated alkanes) is 31. The summed E-state index contributed by atoms with van der Waals surface area (Å²) in [6.45, 7) is 3.50. The third-order valence-corrected chi connectivity index (χ3v) is 11.7. The third kappa shape index (κ3) is 43.8. The highest BCUT2D eigenvalue weighted by Gasteiger charge is 2.18. The summed E-state index contributed by atoms with van der Waals surface area (Å²) in [5, 5.41) is 22.6. The maximum Gasteiger partial charge on any atom is 0.328 e. The number of hydrogen-bond acceptors (Lipinski definition) is 6. The van der Waals surface area contributed by atoms with Crippen LogP contribution in [0.25, 0.3) is 0 Å². The number of allylic oxidation sites excluding steroid dienone is 3. The number of amides is 2. The smallest absolute Gasteiger partial charge is 0.328 e. The van der Waals surface area contributed by atoms with Gasteiger partial charge in [0, 0.05) is 12.8 Å². The first-order valence-electron chi connectivity index (χ1n) is 25.7. The molecule has 0 aromatic carbocycles. The van der Waals surface area contributed by atoms with Crippen LogP contribution in [-0.2, 0) is 23.9 Å². The summed E-state index contributed by atoms with van der Waals surface area (Å²) in [5.41, 5.74) is 0. The zero-order valence-corrected chi connectivity index (χ0v) is 39.7. The van der Waals surface area contributed by atoms with Crippen LogP contribution in [0.5, 0.6) is 0 Å². The maximum absolute atomic E-state index is 12.8. The number of aliphatic hydroxyl groups is 1. The summed E-state index contributed by atoms with van der Waals surface area (Å²) < 4.78 is 5.98. The average molecular weight is 861 g/mol. The molecule has 9 heteroatoms. The van der Waals surface area contributed by atoms with Crippen molar-refractivity contribution < 1.29 is 34.1 Å². The molecule has 0 rings (SSSR count). The number of hydrogen-bond donors (Lipinski definition) is 4. The number of carboxylic acid groups (broad SMARTS) is 1. The van der Waals surface area contributed by atoms with E-state index in [1.165, 1.54) is 167 Å². The number of nitrogens with one attached hydrogen (secondary N) is 2. The van der Waals surface area contributed by atoms with Crippen LogP contribution in [0.2, 0.25) is 0 Å². The zero-order valence-electron chi connectivity index (χ0n) is 39.7. The lowest BCUT2D eigenvalue weighted by atomic mass is 10.0. The van der Waals surface area contributed by atoms with Gasteiger partial charge in [-0.1, -0.05) is 199 Å². The Kier molecular flexibility index (Phi) is 44.8. The lowest BCUT2D eigenvalue weighted by molar-refractivity contribution is -0.147. The number of rotatable bonds is 47. The van der Waals surface area contributed by atoms with Crippen LogP contribution in [0, 0.1) is 0 Å². The van der Waals surface area contributed by atoms with Gasteiger partial charge in [-0.05, 0) is 70.3 Å². The van der Waals surface area contributed by atoms with E-state index in [9.17, 15) is 19.2 Å². The van der Waals surface area contributed by atoms with Crippen molar-refractivity contribution in [1.82, 2.24) is 10.6 Å². The second-order valence-corrected chi connectivity index (χ2v) is 17.6. The second kappa shape index (κ2) is 46.8. The number of esters is 1. The van der Waals surface area contributed by atoms with E-state index in [1.807, 2.05) is 0 Å².